The van der Waals surface area contributed by atoms with Crippen LogP contribution in [0.15, 0.2) is 12.5 Å². The zero-order valence-corrected chi connectivity index (χ0v) is 13.6. The van der Waals surface area contributed by atoms with Gasteiger partial charge in [-0.05, 0) is 19.8 Å². The highest BCUT2D eigenvalue weighted by atomic mass is 16.5. The maximum atomic E-state index is 12.7. The minimum Gasteiger partial charge on any atom is -0.381 e. The van der Waals surface area contributed by atoms with Crippen molar-refractivity contribution < 1.29 is 9.53 Å². The van der Waals surface area contributed by atoms with E-state index in [1.165, 1.54) is 0 Å². The zero-order valence-electron chi connectivity index (χ0n) is 13.6. The summed E-state index contributed by atoms with van der Waals surface area (Å²) in [6.45, 7) is 7.34. The van der Waals surface area contributed by atoms with Crippen LogP contribution < -0.4 is 4.90 Å². The molecule has 3 aliphatic rings. The topological polar surface area (TPSA) is 58.6 Å². The zero-order chi connectivity index (χ0) is 15.8. The van der Waals surface area contributed by atoms with Gasteiger partial charge in [0, 0.05) is 68.9 Å². The molecule has 4 rings (SSSR count). The van der Waals surface area contributed by atoms with Gasteiger partial charge < -0.3 is 14.5 Å². The minimum atomic E-state index is 0.183. The highest BCUT2D eigenvalue weighted by Gasteiger charge is 2.43. The number of carbonyl (C=O) groups excluding carboxylic acids is 1. The molecule has 0 bridgehead atoms. The number of rotatable bonds is 2. The second-order valence-electron chi connectivity index (χ2n) is 7.08. The number of nitrogens with zero attached hydrogens (tertiary/aromatic N) is 4. The number of carbonyl (C=O) groups is 1. The van der Waals surface area contributed by atoms with Crippen LogP contribution in [0.2, 0.25) is 0 Å². The van der Waals surface area contributed by atoms with Crippen molar-refractivity contribution in [3.63, 3.8) is 0 Å². The van der Waals surface area contributed by atoms with Crippen molar-refractivity contribution in [2.45, 2.75) is 19.8 Å². The number of aryl methyl sites for hydroxylation is 1. The van der Waals surface area contributed by atoms with Crippen LogP contribution >= 0.6 is 0 Å². The molecule has 6 nitrogen and oxygen atoms in total. The average molecular weight is 316 g/mol. The van der Waals surface area contributed by atoms with Crippen molar-refractivity contribution in [1.29, 1.82) is 0 Å². The first-order chi connectivity index (χ1) is 11.2. The summed E-state index contributed by atoms with van der Waals surface area (Å²) in [6, 6.07) is 0. The molecule has 0 aromatic carbocycles. The van der Waals surface area contributed by atoms with Gasteiger partial charge in [-0.2, -0.15) is 0 Å². The molecule has 0 aliphatic carbocycles. The molecular weight excluding hydrogens is 292 g/mol. The molecule has 124 valence electrons. The fraction of sp³-hybridized carbons (Fsp3) is 0.706. The molecule has 3 aliphatic heterocycles. The maximum Gasteiger partial charge on any atom is 0.225 e. The third-order valence-corrected chi connectivity index (χ3v) is 5.54. The summed E-state index contributed by atoms with van der Waals surface area (Å²) in [7, 11) is 0. The van der Waals surface area contributed by atoms with Gasteiger partial charge in [-0.15, -0.1) is 0 Å². The Labute approximate surface area is 136 Å². The normalized spacial score (nSPS) is 28.2. The van der Waals surface area contributed by atoms with Gasteiger partial charge in [0.15, 0.2) is 0 Å². The monoisotopic (exact) mass is 316 g/mol. The van der Waals surface area contributed by atoms with Gasteiger partial charge in [0.2, 0.25) is 5.91 Å². The van der Waals surface area contributed by atoms with Gasteiger partial charge >= 0.3 is 0 Å². The van der Waals surface area contributed by atoms with E-state index in [1.54, 1.807) is 6.33 Å². The van der Waals surface area contributed by atoms with Crippen LogP contribution in [0, 0.1) is 24.7 Å². The Balaban J connectivity index is 1.38. The van der Waals surface area contributed by atoms with Crippen LogP contribution in [0.3, 0.4) is 0 Å². The summed E-state index contributed by atoms with van der Waals surface area (Å²) >= 11 is 0. The predicted octanol–water partition coefficient (Wildman–Crippen LogP) is 1.11. The van der Waals surface area contributed by atoms with Gasteiger partial charge in [0.05, 0.1) is 0 Å². The van der Waals surface area contributed by atoms with Crippen molar-refractivity contribution in [3.8, 4) is 0 Å². The second-order valence-corrected chi connectivity index (χ2v) is 7.08. The van der Waals surface area contributed by atoms with E-state index in [0.717, 1.165) is 63.6 Å². The molecule has 0 radical (unpaired) electrons. The lowest BCUT2D eigenvalue weighted by Crippen LogP contribution is -2.39. The van der Waals surface area contributed by atoms with Gasteiger partial charge in [-0.1, -0.05) is 0 Å². The molecule has 23 heavy (non-hydrogen) atoms. The van der Waals surface area contributed by atoms with Crippen LogP contribution in [-0.2, 0) is 9.53 Å². The highest BCUT2D eigenvalue weighted by Crippen LogP contribution is 2.35. The van der Waals surface area contributed by atoms with E-state index in [9.17, 15) is 4.79 Å². The fourth-order valence-electron chi connectivity index (χ4n) is 4.27. The van der Waals surface area contributed by atoms with Gasteiger partial charge in [0.1, 0.15) is 12.1 Å². The molecule has 1 aromatic heterocycles. The fourth-order valence-corrected chi connectivity index (χ4v) is 4.27. The quantitative estimate of drug-likeness (QED) is 0.818. The lowest BCUT2D eigenvalue weighted by atomic mass is 9.99. The lowest BCUT2D eigenvalue weighted by molar-refractivity contribution is -0.137. The minimum absolute atomic E-state index is 0.183. The van der Waals surface area contributed by atoms with Crippen molar-refractivity contribution in [1.82, 2.24) is 14.9 Å². The van der Waals surface area contributed by atoms with Crippen LogP contribution in [0.4, 0.5) is 5.82 Å². The Hall–Kier alpha value is -1.69. The van der Waals surface area contributed by atoms with Crippen LogP contribution in [0.5, 0.6) is 0 Å². The Bertz CT molecular complexity index is 574. The summed E-state index contributed by atoms with van der Waals surface area (Å²) < 4.78 is 5.37. The van der Waals surface area contributed by atoms with Crippen molar-refractivity contribution in [2.24, 2.45) is 17.8 Å². The second kappa shape index (κ2) is 6.07. The molecule has 4 heterocycles. The highest BCUT2D eigenvalue weighted by molar-refractivity contribution is 5.79. The summed E-state index contributed by atoms with van der Waals surface area (Å²) in [5.74, 6) is 2.74. The molecule has 2 unspecified atom stereocenters. The van der Waals surface area contributed by atoms with E-state index in [4.69, 9.17) is 4.74 Å². The van der Waals surface area contributed by atoms with E-state index < -0.39 is 0 Å². The number of aromatic nitrogens is 2. The maximum absolute atomic E-state index is 12.7. The molecule has 0 N–H and O–H groups in total. The van der Waals surface area contributed by atoms with Gasteiger partial charge in [-0.3, -0.25) is 4.79 Å². The largest absolute Gasteiger partial charge is 0.381 e. The molecule has 0 spiro atoms. The first-order valence-corrected chi connectivity index (χ1v) is 8.60. The van der Waals surface area contributed by atoms with E-state index in [1.807, 2.05) is 6.20 Å². The Kier molecular flexibility index (Phi) is 3.93. The molecule has 3 fully saturated rings. The molecule has 0 saturated carbocycles. The SMILES string of the molecule is Cc1cncnc1N1CC2CN(C(=O)C3CCOCC3)CC2C1. The smallest absolute Gasteiger partial charge is 0.225 e. The molecular formula is C17H24N4O2. The number of ether oxygens (including phenoxy) is 1. The first kappa shape index (κ1) is 14.9. The first-order valence-electron chi connectivity index (χ1n) is 8.60. The Morgan fingerprint density at radius 3 is 2.52 bits per heavy atom. The Morgan fingerprint density at radius 1 is 1.17 bits per heavy atom. The van der Waals surface area contributed by atoms with Crippen LogP contribution in [0.25, 0.3) is 0 Å². The molecule has 3 saturated heterocycles. The van der Waals surface area contributed by atoms with Gasteiger partial charge in [0.25, 0.3) is 0 Å². The van der Waals surface area contributed by atoms with Crippen molar-refractivity contribution >= 4 is 11.7 Å². The molecule has 6 heteroatoms. The van der Waals surface area contributed by atoms with Crippen molar-refractivity contribution in [3.05, 3.63) is 18.1 Å². The van der Waals surface area contributed by atoms with Gasteiger partial charge in [-0.25, -0.2) is 9.97 Å². The third-order valence-electron chi connectivity index (χ3n) is 5.54. The molecule has 1 aromatic rings. The van der Waals surface area contributed by atoms with E-state index >= 15 is 0 Å². The standard InChI is InChI=1S/C17H24N4O2/c1-12-6-18-11-19-16(12)20-7-14-9-21(10-15(14)8-20)17(22)13-2-4-23-5-3-13/h6,11,13-15H,2-5,7-10H2,1H3. The number of hydrogen-bond acceptors (Lipinski definition) is 5. The Morgan fingerprint density at radius 2 is 1.87 bits per heavy atom. The number of anilines is 1. The summed E-state index contributed by atoms with van der Waals surface area (Å²) in [5.41, 5.74) is 1.13. The summed E-state index contributed by atoms with van der Waals surface area (Å²) in [4.78, 5) is 25.7. The third kappa shape index (κ3) is 2.80. The van der Waals surface area contributed by atoms with Crippen molar-refractivity contribution in [2.75, 3.05) is 44.3 Å². The van der Waals surface area contributed by atoms with Crippen LogP contribution in [-0.4, -0.2) is 60.2 Å². The number of likely N-dealkylation sites (tertiary alicyclic amines) is 1. The number of fused-ring (bicyclic) bond motifs is 1. The van der Waals surface area contributed by atoms with Crippen LogP contribution in [0.1, 0.15) is 18.4 Å². The number of hydrogen-bond donors (Lipinski definition) is 0. The lowest BCUT2D eigenvalue weighted by Gasteiger charge is -2.28. The predicted molar refractivity (Wildman–Crippen MR) is 86.1 cm³/mol. The van der Waals surface area contributed by atoms with E-state index in [-0.39, 0.29) is 5.92 Å². The van der Waals surface area contributed by atoms with E-state index in [2.05, 4.69) is 26.7 Å². The van der Waals surface area contributed by atoms with E-state index in [0.29, 0.717) is 17.7 Å². The average Bonchev–Trinajstić information content (AvgIpc) is 3.14. The summed E-state index contributed by atoms with van der Waals surface area (Å²) in [5, 5.41) is 0. The molecule has 1 amide bonds. The number of amides is 1. The summed E-state index contributed by atoms with van der Waals surface area (Å²) in [6.07, 6.45) is 5.27. The molecule has 2 atom stereocenters.